The molecule has 0 unspecified atom stereocenters. The van der Waals surface area contributed by atoms with E-state index in [0.29, 0.717) is 0 Å². The number of rotatable bonds is 3. The van der Waals surface area contributed by atoms with Crippen molar-refractivity contribution in [2.45, 2.75) is 6.36 Å². The standard InChI is InChI=1S/C9H7BrF3NO2/c10-4-7(15)6-3-5(14)1-2-8(6)16-9(11,12)13/h1-3H,4,14H2. The Morgan fingerprint density at radius 2 is 2.06 bits per heavy atom. The lowest BCUT2D eigenvalue weighted by Crippen LogP contribution is -2.19. The highest BCUT2D eigenvalue weighted by Gasteiger charge is 2.32. The van der Waals surface area contributed by atoms with E-state index in [-0.39, 0.29) is 16.6 Å². The average Bonchev–Trinajstić information content (AvgIpc) is 2.17. The van der Waals surface area contributed by atoms with Gasteiger partial charge in [-0.05, 0) is 18.2 Å². The summed E-state index contributed by atoms with van der Waals surface area (Å²) in [5, 5.41) is -0.106. The molecule has 0 radical (unpaired) electrons. The van der Waals surface area contributed by atoms with Gasteiger partial charge >= 0.3 is 6.36 Å². The Morgan fingerprint density at radius 1 is 1.44 bits per heavy atom. The van der Waals surface area contributed by atoms with Crippen LogP contribution in [0.3, 0.4) is 0 Å². The number of nitrogen functional groups attached to an aromatic ring is 1. The Balaban J connectivity index is 3.13. The largest absolute Gasteiger partial charge is 0.573 e. The van der Waals surface area contributed by atoms with E-state index >= 15 is 0 Å². The van der Waals surface area contributed by atoms with Crippen molar-refractivity contribution < 1.29 is 22.7 Å². The van der Waals surface area contributed by atoms with Crippen LogP contribution in [0.5, 0.6) is 5.75 Å². The zero-order chi connectivity index (χ0) is 12.3. The maximum atomic E-state index is 12.0. The van der Waals surface area contributed by atoms with Crippen molar-refractivity contribution in [2.75, 3.05) is 11.1 Å². The summed E-state index contributed by atoms with van der Waals surface area (Å²) in [6.45, 7) is 0. The zero-order valence-electron chi connectivity index (χ0n) is 7.84. The van der Waals surface area contributed by atoms with Gasteiger partial charge in [-0.15, -0.1) is 13.2 Å². The van der Waals surface area contributed by atoms with Gasteiger partial charge in [0.05, 0.1) is 10.9 Å². The monoisotopic (exact) mass is 297 g/mol. The number of halogens is 4. The molecule has 0 fully saturated rings. The molecule has 1 aromatic carbocycles. The number of nitrogens with two attached hydrogens (primary N) is 1. The number of carbonyl (C=O) groups is 1. The Kier molecular flexibility index (Phi) is 3.79. The molecule has 0 saturated heterocycles. The summed E-state index contributed by atoms with van der Waals surface area (Å²) in [6, 6.07) is 3.38. The second-order valence-corrected chi connectivity index (χ2v) is 3.42. The highest BCUT2D eigenvalue weighted by atomic mass is 79.9. The third-order valence-corrected chi connectivity index (χ3v) is 2.16. The van der Waals surface area contributed by atoms with Crippen LogP contribution in [0.15, 0.2) is 18.2 Å². The molecule has 0 aliphatic rings. The van der Waals surface area contributed by atoms with E-state index in [9.17, 15) is 18.0 Å². The molecule has 16 heavy (non-hydrogen) atoms. The number of anilines is 1. The maximum Gasteiger partial charge on any atom is 0.573 e. The van der Waals surface area contributed by atoms with Crippen molar-refractivity contribution in [1.29, 1.82) is 0 Å². The number of ether oxygens (including phenoxy) is 1. The first-order chi connectivity index (χ1) is 7.33. The smallest absolute Gasteiger partial charge is 0.405 e. The van der Waals surface area contributed by atoms with Crippen LogP contribution in [0, 0.1) is 0 Å². The molecule has 88 valence electrons. The summed E-state index contributed by atoms with van der Waals surface area (Å²) in [6.07, 6.45) is -4.84. The lowest BCUT2D eigenvalue weighted by Gasteiger charge is -2.12. The molecule has 7 heteroatoms. The summed E-state index contributed by atoms with van der Waals surface area (Å²) in [7, 11) is 0. The van der Waals surface area contributed by atoms with E-state index in [1.165, 1.54) is 6.07 Å². The average molecular weight is 298 g/mol. The third kappa shape index (κ3) is 3.41. The summed E-state index contributed by atoms with van der Waals surface area (Å²) < 4.78 is 39.8. The number of Topliss-reactive ketones (excluding diaryl/α,β-unsaturated/α-hetero) is 1. The summed E-state index contributed by atoms with van der Waals surface area (Å²) in [4.78, 5) is 11.3. The summed E-state index contributed by atoms with van der Waals surface area (Å²) in [5.41, 5.74) is 5.37. The van der Waals surface area contributed by atoms with Gasteiger partial charge in [-0.2, -0.15) is 0 Å². The van der Waals surface area contributed by atoms with Gasteiger partial charge < -0.3 is 10.5 Å². The molecule has 3 nitrogen and oxygen atoms in total. The van der Waals surface area contributed by atoms with Crippen LogP contribution in [0.1, 0.15) is 10.4 Å². The minimum Gasteiger partial charge on any atom is -0.405 e. The van der Waals surface area contributed by atoms with Gasteiger partial charge in [0.25, 0.3) is 0 Å². The quantitative estimate of drug-likeness (QED) is 0.530. The van der Waals surface area contributed by atoms with E-state index in [1.54, 1.807) is 0 Å². The van der Waals surface area contributed by atoms with Crippen LogP contribution in [-0.4, -0.2) is 17.5 Å². The maximum absolute atomic E-state index is 12.0. The Morgan fingerprint density at radius 3 is 2.56 bits per heavy atom. The fourth-order valence-electron chi connectivity index (χ4n) is 1.05. The lowest BCUT2D eigenvalue weighted by molar-refractivity contribution is -0.274. The number of hydrogen-bond acceptors (Lipinski definition) is 3. The van der Waals surface area contributed by atoms with Crippen LogP contribution in [0.2, 0.25) is 0 Å². The molecule has 0 amide bonds. The zero-order valence-corrected chi connectivity index (χ0v) is 9.43. The third-order valence-electron chi connectivity index (χ3n) is 1.65. The molecule has 1 rings (SSSR count). The normalized spacial score (nSPS) is 11.2. The van der Waals surface area contributed by atoms with Crippen molar-refractivity contribution in [1.82, 2.24) is 0 Å². The molecule has 0 aliphatic carbocycles. The predicted molar refractivity (Wildman–Crippen MR) is 55.7 cm³/mol. The molecule has 0 aromatic heterocycles. The van der Waals surface area contributed by atoms with Crippen molar-refractivity contribution in [3.63, 3.8) is 0 Å². The van der Waals surface area contributed by atoms with Crippen LogP contribution in [-0.2, 0) is 0 Å². The highest BCUT2D eigenvalue weighted by molar-refractivity contribution is 9.09. The predicted octanol–water partition coefficient (Wildman–Crippen LogP) is 2.75. The van der Waals surface area contributed by atoms with Crippen molar-refractivity contribution in [3.8, 4) is 5.75 Å². The SMILES string of the molecule is Nc1ccc(OC(F)(F)F)c(C(=O)CBr)c1. The Hall–Kier alpha value is -1.24. The molecular weight excluding hydrogens is 291 g/mol. The topological polar surface area (TPSA) is 52.3 Å². The minimum atomic E-state index is -4.84. The fourth-order valence-corrected chi connectivity index (χ4v) is 1.35. The van der Waals surface area contributed by atoms with E-state index in [1.807, 2.05) is 0 Å². The summed E-state index contributed by atoms with van der Waals surface area (Å²) >= 11 is 2.86. The van der Waals surface area contributed by atoms with Gasteiger partial charge in [-0.3, -0.25) is 4.79 Å². The molecule has 2 N–H and O–H groups in total. The van der Waals surface area contributed by atoms with Crippen molar-refractivity contribution in [2.24, 2.45) is 0 Å². The fraction of sp³-hybridized carbons (Fsp3) is 0.222. The number of benzene rings is 1. The van der Waals surface area contributed by atoms with Crippen LogP contribution < -0.4 is 10.5 Å². The number of ketones is 1. The number of carbonyl (C=O) groups excluding carboxylic acids is 1. The van der Waals surface area contributed by atoms with E-state index < -0.39 is 17.9 Å². The highest BCUT2D eigenvalue weighted by Crippen LogP contribution is 2.28. The first-order valence-corrected chi connectivity index (χ1v) is 5.20. The van der Waals surface area contributed by atoms with E-state index in [2.05, 4.69) is 20.7 Å². The molecule has 0 spiro atoms. The second-order valence-electron chi connectivity index (χ2n) is 2.86. The lowest BCUT2D eigenvalue weighted by atomic mass is 10.1. The molecule has 0 bridgehead atoms. The van der Waals surface area contributed by atoms with E-state index in [0.717, 1.165) is 12.1 Å². The Bertz CT molecular complexity index is 406. The van der Waals surface area contributed by atoms with Gasteiger partial charge in [0.1, 0.15) is 5.75 Å². The van der Waals surface area contributed by atoms with Crippen LogP contribution in [0.25, 0.3) is 0 Å². The van der Waals surface area contributed by atoms with Crippen LogP contribution >= 0.6 is 15.9 Å². The van der Waals surface area contributed by atoms with Gasteiger partial charge in [0.2, 0.25) is 0 Å². The van der Waals surface area contributed by atoms with Crippen LogP contribution in [0.4, 0.5) is 18.9 Å². The van der Waals surface area contributed by atoms with Crippen molar-refractivity contribution in [3.05, 3.63) is 23.8 Å². The van der Waals surface area contributed by atoms with Gasteiger partial charge in [0.15, 0.2) is 5.78 Å². The first-order valence-electron chi connectivity index (χ1n) is 4.08. The molecular formula is C9H7BrF3NO2. The molecule has 0 atom stereocenters. The van der Waals surface area contributed by atoms with Gasteiger partial charge in [-0.1, -0.05) is 15.9 Å². The first kappa shape index (κ1) is 12.8. The molecule has 0 aliphatic heterocycles. The van der Waals surface area contributed by atoms with Crippen molar-refractivity contribution >= 4 is 27.4 Å². The molecule has 0 saturated carbocycles. The van der Waals surface area contributed by atoms with E-state index in [4.69, 9.17) is 5.73 Å². The second kappa shape index (κ2) is 4.73. The Labute approximate surface area is 97.5 Å². The summed E-state index contributed by atoms with van der Waals surface area (Å²) in [5.74, 6) is -1.09. The van der Waals surface area contributed by atoms with Gasteiger partial charge in [0, 0.05) is 5.69 Å². The molecule has 1 aromatic rings. The molecule has 0 heterocycles. The number of alkyl halides is 4. The van der Waals surface area contributed by atoms with Gasteiger partial charge in [-0.25, -0.2) is 0 Å². The minimum absolute atomic E-state index is 0.106. The number of hydrogen-bond donors (Lipinski definition) is 1.